The van der Waals surface area contributed by atoms with Crippen LogP contribution in [0.5, 0.6) is 0 Å². The zero-order chi connectivity index (χ0) is 18.1. The lowest BCUT2D eigenvalue weighted by atomic mass is 9.93. The maximum Gasteiger partial charge on any atom is 0.241 e. The molecule has 132 valence electrons. The highest BCUT2D eigenvalue weighted by atomic mass is 16.5. The van der Waals surface area contributed by atoms with Gasteiger partial charge in [0.25, 0.3) is 0 Å². The van der Waals surface area contributed by atoms with Crippen LogP contribution in [0.4, 0.5) is 0 Å². The Balaban J connectivity index is 1.56. The lowest BCUT2D eigenvalue weighted by molar-refractivity contribution is -0.124. The van der Waals surface area contributed by atoms with Crippen molar-refractivity contribution in [3.05, 3.63) is 71.1 Å². The molecule has 0 fully saturated rings. The monoisotopic (exact) mass is 348 g/mol. The number of hydrogen-bond acceptors (Lipinski definition) is 5. The third-order valence-corrected chi connectivity index (χ3v) is 4.79. The predicted octanol–water partition coefficient (Wildman–Crippen LogP) is 2.46. The van der Waals surface area contributed by atoms with Crippen LogP contribution in [0.15, 0.2) is 53.1 Å². The van der Waals surface area contributed by atoms with E-state index in [9.17, 15) is 4.79 Å². The molecular formula is C20H20N4O2. The third kappa shape index (κ3) is 3.23. The first-order valence-electron chi connectivity index (χ1n) is 8.60. The smallest absolute Gasteiger partial charge is 0.241 e. The van der Waals surface area contributed by atoms with Gasteiger partial charge in [-0.2, -0.15) is 4.98 Å². The van der Waals surface area contributed by atoms with Gasteiger partial charge < -0.3 is 10.3 Å². The molecule has 2 N–H and O–H groups in total. The van der Waals surface area contributed by atoms with Gasteiger partial charge in [0.2, 0.25) is 17.6 Å². The summed E-state index contributed by atoms with van der Waals surface area (Å²) in [6, 6.07) is 15.7. The van der Waals surface area contributed by atoms with E-state index in [1.807, 2.05) is 54.3 Å². The Morgan fingerprint density at radius 1 is 1.19 bits per heavy atom. The van der Waals surface area contributed by atoms with E-state index in [1.54, 1.807) is 0 Å². The first kappa shape index (κ1) is 16.5. The molecule has 0 saturated heterocycles. The predicted molar refractivity (Wildman–Crippen MR) is 96.8 cm³/mol. The normalized spacial score (nSPS) is 17.0. The number of primary amides is 1. The van der Waals surface area contributed by atoms with Gasteiger partial charge in [-0.05, 0) is 24.5 Å². The lowest BCUT2D eigenvalue weighted by Crippen LogP contribution is -2.48. The van der Waals surface area contributed by atoms with Crippen LogP contribution in [0.2, 0.25) is 0 Å². The Hall–Kier alpha value is -2.99. The summed E-state index contributed by atoms with van der Waals surface area (Å²) in [6.07, 6.45) is 0.602. The Labute approximate surface area is 151 Å². The van der Waals surface area contributed by atoms with Crippen LogP contribution < -0.4 is 5.73 Å². The molecule has 1 aromatic heterocycles. The Morgan fingerprint density at radius 3 is 2.65 bits per heavy atom. The van der Waals surface area contributed by atoms with Crippen molar-refractivity contribution in [1.29, 1.82) is 0 Å². The molecule has 3 aromatic rings. The van der Waals surface area contributed by atoms with Crippen LogP contribution in [-0.4, -0.2) is 27.0 Å². The number of carbonyl (C=O) groups is 1. The zero-order valence-electron chi connectivity index (χ0n) is 14.6. The molecule has 6 nitrogen and oxygen atoms in total. The Bertz CT molecular complexity index is 933. The van der Waals surface area contributed by atoms with Crippen LogP contribution in [0.25, 0.3) is 11.4 Å². The molecule has 2 aromatic carbocycles. The number of carbonyl (C=O) groups excluding carboxylic acids is 1. The van der Waals surface area contributed by atoms with E-state index in [1.165, 1.54) is 16.7 Å². The highest BCUT2D eigenvalue weighted by molar-refractivity contribution is 5.80. The van der Waals surface area contributed by atoms with Crippen molar-refractivity contribution in [3.8, 4) is 11.4 Å². The number of aryl methyl sites for hydroxylation is 1. The van der Waals surface area contributed by atoms with Gasteiger partial charge >= 0.3 is 0 Å². The van der Waals surface area contributed by atoms with Gasteiger partial charge in [-0.25, -0.2) is 0 Å². The molecule has 0 aliphatic carbocycles. The van der Waals surface area contributed by atoms with Crippen molar-refractivity contribution in [1.82, 2.24) is 15.0 Å². The summed E-state index contributed by atoms with van der Waals surface area (Å²) in [6.45, 7) is 3.05. The van der Waals surface area contributed by atoms with Gasteiger partial charge in [-0.1, -0.05) is 59.3 Å². The number of fused-ring (bicyclic) bond motifs is 1. The Kier molecular flexibility index (Phi) is 4.26. The maximum atomic E-state index is 11.9. The molecule has 0 unspecified atom stereocenters. The van der Waals surface area contributed by atoms with E-state index in [4.69, 9.17) is 10.3 Å². The molecule has 1 aliphatic heterocycles. The minimum absolute atomic E-state index is 0.335. The van der Waals surface area contributed by atoms with Crippen molar-refractivity contribution in [2.24, 2.45) is 5.73 Å². The summed E-state index contributed by atoms with van der Waals surface area (Å²) >= 11 is 0. The van der Waals surface area contributed by atoms with Crippen molar-refractivity contribution >= 4 is 5.91 Å². The molecule has 1 amide bonds. The second kappa shape index (κ2) is 6.72. The summed E-state index contributed by atoms with van der Waals surface area (Å²) in [5.41, 5.74) is 10.1. The lowest BCUT2D eigenvalue weighted by Gasteiger charge is -2.33. The number of amides is 1. The molecule has 0 saturated carbocycles. The number of rotatable bonds is 4. The Morgan fingerprint density at radius 2 is 1.92 bits per heavy atom. The van der Waals surface area contributed by atoms with Gasteiger partial charge in [0, 0.05) is 12.1 Å². The summed E-state index contributed by atoms with van der Waals surface area (Å²) in [4.78, 5) is 18.4. The summed E-state index contributed by atoms with van der Waals surface area (Å²) in [5, 5.41) is 4.07. The minimum Gasteiger partial charge on any atom is -0.368 e. The zero-order valence-corrected chi connectivity index (χ0v) is 14.6. The average Bonchev–Trinajstić information content (AvgIpc) is 3.10. The van der Waals surface area contributed by atoms with Crippen LogP contribution in [0, 0.1) is 6.92 Å². The van der Waals surface area contributed by atoms with E-state index in [-0.39, 0.29) is 11.9 Å². The summed E-state index contributed by atoms with van der Waals surface area (Å²) in [7, 11) is 0. The van der Waals surface area contributed by atoms with Crippen molar-refractivity contribution in [2.45, 2.75) is 32.5 Å². The topological polar surface area (TPSA) is 85.3 Å². The fraction of sp³-hybridized carbons (Fsp3) is 0.250. The average molecular weight is 348 g/mol. The highest BCUT2D eigenvalue weighted by Gasteiger charge is 2.31. The molecule has 0 spiro atoms. The maximum absolute atomic E-state index is 11.9. The van der Waals surface area contributed by atoms with Gasteiger partial charge in [0.05, 0.1) is 12.6 Å². The van der Waals surface area contributed by atoms with Gasteiger partial charge in [0.15, 0.2) is 0 Å². The second-order valence-electron chi connectivity index (χ2n) is 6.67. The standard InChI is InChI=1S/C20H20N4O2/c1-13-6-8-14(9-7-13)20-22-18(26-23-20)12-24-11-16-5-3-2-4-15(16)10-17(24)19(21)25/h2-9,17H,10-12H2,1H3,(H2,21,25)/t17-/m0/s1. The van der Waals surface area contributed by atoms with Crippen molar-refractivity contribution < 1.29 is 9.32 Å². The van der Waals surface area contributed by atoms with Crippen LogP contribution >= 0.6 is 0 Å². The first-order chi connectivity index (χ1) is 12.6. The van der Waals surface area contributed by atoms with Crippen LogP contribution in [-0.2, 0) is 24.3 Å². The van der Waals surface area contributed by atoms with E-state index >= 15 is 0 Å². The quantitative estimate of drug-likeness (QED) is 0.783. The molecule has 0 radical (unpaired) electrons. The number of hydrogen-bond donors (Lipinski definition) is 1. The largest absolute Gasteiger partial charge is 0.368 e. The van der Waals surface area contributed by atoms with Gasteiger partial charge in [0.1, 0.15) is 0 Å². The summed E-state index contributed by atoms with van der Waals surface area (Å²) < 4.78 is 5.41. The molecule has 1 aliphatic rings. The van der Waals surface area contributed by atoms with E-state index in [0.717, 1.165) is 5.56 Å². The van der Waals surface area contributed by atoms with Crippen molar-refractivity contribution in [3.63, 3.8) is 0 Å². The number of nitrogens with zero attached hydrogens (tertiary/aromatic N) is 3. The van der Waals surface area contributed by atoms with Gasteiger partial charge in [-0.3, -0.25) is 9.69 Å². The number of nitrogens with two attached hydrogens (primary N) is 1. The number of aromatic nitrogens is 2. The van der Waals surface area contributed by atoms with Crippen molar-refractivity contribution in [2.75, 3.05) is 0 Å². The van der Waals surface area contributed by atoms with E-state index in [0.29, 0.717) is 31.2 Å². The molecule has 0 bridgehead atoms. The third-order valence-electron chi connectivity index (χ3n) is 4.79. The minimum atomic E-state index is -0.375. The summed E-state index contributed by atoms with van der Waals surface area (Å²) in [5.74, 6) is 0.692. The second-order valence-corrected chi connectivity index (χ2v) is 6.67. The number of benzene rings is 2. The van der Waals surface area contributed by atoms with E-state index in [2.05, 4.69) is 16.2 Å². The molecular weight excluding hydrogens is 328 g/mol. The molecule has 26 heavy (non-hydrogen) atoms. The van der Waals surface area contributed by atoms with Crippen LogP contribution in [0.3, 0.4) is 0 Å². The first-order valence-corrected chi connectivity index (χ1v) is 8.60. The van der Waals surface area contributed by atoms with Gasteiger partial charge in [-0.15, -0.1) is 0 Å². The molecule has 4 rings (SSSR count). The highest BCUT2D eigenvalue weighted by Crippen LogP contribution is 2.25. The van der Waals surface area contributed by atoms with Crippen LogP contribution in [0.1, 0.15) is 22.6 Å². The molecule has 6 heteroatoms. The fourth-order valence-corrected chi connectivity index (χ4v) is 3.34. The SMILES string of the molecule is Cc1ccc(-c2noc(CN3Cc4ccccc4C[C@H]3C(N)=O)n2)cc1. The fourth-order valence-electron chi connectivity index (χ4n) is 3.34. The molecule has 1 atom stereocenters. The van der Waals surface area contributed by atoms with E-state index < -0.39 is 0 Å². The molecule has 2 heterocycles.